The van der Waals surface area contributed by atoms with E-state index in [1.807, 2.05) is 0 Å². The van der Waals surface area contributed by atoms with E-state index in [4.69, 9.17) is 9.47 Å². The molecule has 1 amide bonds. The summed E-state index contributed by atoms with van der Waals surface area (Å²) in [5.74, 6) is 0.392. The minimum Gasteiger partial charge on any atom is -0.497 e. The molecule has 0 aliphatic carbocycles. The van der Waals surface area contributed by atoms with Gasteiger partial charge in [0.1, 0.15) is 23.0 Å². The molecule has 0 radical (unpaired) electrons. The number of carbonyl (C=O) groups is 1. The number of nitrogens with one attached hydrogen (secondary N) is 1. The molecule has 0 unspecified atom stereocenters. The molecule has 8 heteroatoms. The van der Waals surface area contributed by atoms with Crippen molar-refractivity contribution in [2.45, 2.75) is 0 Å². The number of hydrogen-bond donors (Lipinski definition) is 1. The van der Waals surface area contributed by atoms with Gasteiger partial charge in [-0.2, -0.15) is 5.10 Å². The van der Waals surface area contributed by atoms with Crippen LogP contribution in [0.5, 0.6) is 11.5 Å². The van der Waals surface area contributed by atoms with Gasteiger partial charge in [-0.3, -0.25) is 9.36 Å². The number of benzene rings is 2. The van der Waals surface area contributed by atoms with E-state index in [0.29, 0.717) is 22.7 Å². The number of halogens is 1. The Kier molecular flexibility index (Phi) is 5.46. The van der Waals surface area contributed by atoms with Crippen LogP contribution in [0.25, 0.3) is 5.69 Å². The van der Waals surface area contributed by atoms with E-state index in [9.17, 15) is 9.18 Å². The molecule has 1 N–H and O–H groups in total. The minimum absolute atomic E-state index is 0.264. The molecule has 0 saturated heterocycles. The van der Waals surface area contributed by atoms with E-state index in [1.54, 1.807) is 37.4 Å². The van der Waals surface area contributed by atoms with Crippen LogP contribution in [0.1, 0.15) is 16.1 Å². The summed E-state index contributed by atoms with van der Waals surface area (Å²) in [6.45, 7) is 0. The average molecular weight is 368 g/mol. The second-order valence-electron chi connectivity index (χ2n) is 5.43. The molecule has 0 aliphatic heterocycles. The van der Waals surface area contributed by atoms with Gasteiger partial charge in [-0.15, -0.1) is 0 Å². The third-order valence-electron chi connectivity index (χ3n) is 3.79. The number of hydrogen-bond acceptors (Lipinski definition) is 5. The zero-order valence-electron chi connectivity index (χ0n) is 14.7. The molecule has 27 heavy (non-hydrogen) atoms. The van der Waals surface area contributed by atoms with Crippen molar-refractivity contribution in [3.63, 3.8) is 0 Å². The van der Waals surface area contributed by atoms with Crippen molar-refractivity contribution >= 4 is 12.1 Å². The summed E-state index contributed by atoms with van der Waals surface area (Å²) < 4.78 is 25.0. The van der Waals surface area contributed by atoms with Gasteiger partial charge in [-0.05, 0) is 36.4 Å². The van der Waals surface area contributed by atoms with Crippen molar-refractivity contribution in [3.05, 3.63) is 72.1 Å². The van der Waals surface area contributed by atoms with Crippen LogP contribution < -0.4 is 14.9 Å². The number of methoxy groups -OCH3 is 2. The van der Waals surface area contributed by atoms with Gasteiger partial charge in [0.15, 0.2) is 0 Å². The van der Waals surface area contributed by atoms with Gasteiger partial charge in [0.2, 0.25) is 0 Å². The lowest BCUT2D eigenvalue weighted by Crippen LogP contribution is -2.20. The van der Waals surface area contributed by atoms with Crippen LogP contribution in [0, 0.1) is 5.82 Å². The lowest BCUT2D eigenvalue weighted by molar-refractivity contribution is 0.0948. The fraction of sp³-hybridized carbons (Fsp3) is 0.105. The molecule has 3 rings (SSSR count). The van der Waals surface area contributed by atoms with Crippen molar-refractivity contribution in [2.24, 2.45) is 5.10 Å². The summed E-state index contributed by atoms with van der Waals surface area (Å²) in [6, 6.07) is 11.0. The molecule has 1 heterocycles. The van der Waals surface area contributed by atoms with E-state index in [0.717, 1.165) is 0 Å². The molecular formula is C19H17FN4O3. The summed E-state index contributed by atoms with van der Waals surface area (Å²) in [7, 11) is 3.10. The zero-order valence-corrected chi connectivity index (χ0v) is 14.7. The SMILES string of the molecule is COc1ccc(/C=N/NC(=O)c2cncn2-c2ccc(F)cc2)c(OC)c1. The highest BCUT2D eigenvalue weighted by atomic mass is 19.1. The second kappa shape index (κ2) is 8.13. The van der Waals surface area contributed by atoms with Crippen LogP contribution >= 0.6 is 0 Å². The number of rotatable bonds is 6. The highest BCUT2D eigenvalue weighted by Crippen LogP contribution is 2.23. The van der Waals surface area contributed by atoms with Crippen LogP contribution in [0.15, 0.2) is 60.1 Å². The van der Waals surface area contributed by atoms with E-state index < -0.39 is 5.91 Å². The number of ether oxygens (including phenoxy) is 2. The maximum atomic E-state index is 13.1. The summed E-state index contributed by atoms with van der Waals surface area (Å²) >= 11 is 0. The van der Waals surface area contributed by atoms with Gasteiger partial charge in [0, 0.05) is 17.3 Å². The molecule has 0 spiro atoms. The van der Waals surface area contributed by atoms with Crippen LogP contribution in [-0.4, -0.2) is 35.9 Å². The molecule has 0 saturated carbocycles. The normalized spacial score (nSPS) is 10.8. The first-order valence-corrected chi connectivity index (χ1v) is 7.96. The largest absolute Gasteiger partial charge is 0.497 e. The highest BCUT2D eigenvalue weighted by Gasteiger charge is 2.12. The first kappa shape index (κ1) is 18.1. The predicted octanol–water partition coefficient (Wildman–Crippen LogP) is 2.79. The number of nitrogens with zero attached hydrogens (tertiary/aromatic N) is 3. The molecule has 7 nitrogen and oxygen atoms in total. The van der Waals surface area contributed by atoms with Crippen LogP contribution in [-0.2, 0) is 0 Å². The lowest BCUT2D eigenvalue weighted by atomic mass is 10.2. The fourth-order valence-electron chi connectivity index (χ4n) is 2.41. The highest BCUT2D eigenvalue weighted by molar-refractivity contribution is 5.94. The number of amides is 1. The Balaban J connectivity index is 1.75. The number of hydrazone groups is 1. The standard InChI is InChI=1S/C19H17FN4O3/c1-26-16-8-3-13(18(9-16)27-2)10-22-23-19(25)17-11-21-12-24(17)15-6-4-14(20)5-7-15/h3-12H,1-2H3,(H,23,25)/b22-10+. The third kappa shape index (κ3) is 4.12. The molecule has 0 fully saturated rings. The van der Waals surface area contributed by atoms with Crippen molar-refractivity contribution in [3.8, 4) is 17.2 Å². The predicted molar refractivity (Wildman–Crippen MR) is 98.1 cm³/mol. The molecule has 2 aromatic carbocycles. The Morgan fingerprint density at radius 3 is 2.67 bits per heavy atom. The van der Waals surface area contributed by atoms with E-state index in [1.165, 1.54) is 42.5 Å². The Morgan fingerprint density at radius 2 is 1.96 bits per heavy atom. The van der Waals surface area contributed by atoms with Crippen LogP contribution in [0.3, 0.4) is 0 Å². The Bertz CT molecular complexity index is 967. The van der Waals surface area contributed by atoms with Gasteiger partial charge in [0.25, 0.3) is 5.91 Å². The fourth-order valence-corrected chi connectivity index (χ4v) is 2.41. The first-order valence-electron chi connectivity index (χ1n) is 7.96. The smallest absolute Gasteiger partial charge is 0.289 e. The maximum absolute atomic E-state index is 13.1. The van der Waals surface area contributed by atoms with E-state index >= 15 is 0 Å². The number of carbonyl (C=O) groups excluding carboxylic acids is 1. The van der Waals surface area contributed by atoms with Gasteiger partial charge in [-0.1, -0.05) is 0 Å². The molecule has 138 valence electrons. The van der Waals surface area contributed by atoms with E-state index in [2.05, 4.69) is 15.5 Å². The van der Waals surface area contributed by atoms with E-state index in [-0.39, 0.29) is 11.5 Å². The Hall–Kier alpha value is -3.68. The summed E-state index contributed by atoms with van der Waals surface area (Å²) in [4.78, 5) is 16.4. The van der Waals surface area contributed by atoms with Crippen molar-refractivity contribution in [1.82, 2.24) is 15.0 Å². The molecule has 3 aromatic rings. The second-order valence-corrected chi connectivity index (χ2v) is 5.43. The number of imidazole rings is 1. The summed E-state index contributed by atoms with van der Waals surface area (Å²) in [5.41, 5.74) is 3.99. The quantitative estimate of drug-likeness (QED) is 0.536. The molecular weight excluding hydrogens is 351 g/mol. The third-order valence-corrected chi connectivity index (χ3v) is 3.79. The zero-order chi connectivity index (χ0) is 19.2. The van der Waals surface area contributed by atoms with Gasteiger partial charge in [-0.25, -0.2) is 14.8 Å². The average Bonchev–Trinajstić information content (AvgIpc) is 3.18. The molecule has 0 bridgehead atoms. The monoisotopic (exact) mass is 368 g/mol. The Morgan fingerprint density at radius 1 is 1.19 bits per heavy atom. The first-order chi connectivity index (χ1) is 13.1. The Labute approximate surface area is 155 Å². The minimum atomic E-state index is -0.458. The van der Waals surface area contributed by atoms with Crippen molar-refractivity contribution in [2.75, 3.05) is 14.2 Å². The summed E-state index contributed by atoms with van der Waals surface area (Å²) in [5, 5.41) is 3.96. The van der Waals surface area contributed by atoms with Crippen molar-refractivity contribution < 1.29 is 18.7 Å². The number of aromatic nitrogens is 2. The maximum Gasteiger partial charge on any atom is 0.289 e. The molecule has 1 aromatic heterocycles. The van der Waals surface area contributed by atoms with Crippen molar-refractivity contribution in [1.29, 1.82) is 0 Å². The van der Waals surface area contributed by atoms with Crippen LogP contribution in [0.4, 0.5) is 4.39 Å². The topological polar surface area (TPSA) is 77.7 Å². The van der Waals surface area contributed by atoms with Gasteiger partial charge >= 0.3 is 0 Å². The lowest BCUT2D eigenvalue weighted by Gasteiger charge is -2.08. The van der Waals surface area contributed by atoms with Crippen LogP contribution in [0.2, 0.25) is 0 Å². The molecule has 0 atom stereocenters. The van der Waals surface area contributed by atoms with Gasteiger partial charge in [0.05, 0.1) is 33.0 Å². The van der Waals surface area contributed by atoms with Gasteiger partial charge < -0.3 is 9.47 Å². The summed E-state index contributed by atoms with van der Waals surface area (Å²) in [6.07, 6.45) is 4.34. The molecule has 0 aliphatic rings.